The van der Waals surface area contributed by atoms with Crippen molar-refractivity contribution in [1.29, 1.82) is 0 Å². The first kappa shape index (κ1) is 16.5. The van der Waals surface area contributed by atoms with Crippen LogP contribution in [-0.4, -0.2) is 53.8 Å². The molecule has 1 aliphatic rings. The van der Waals surface area contributed by atoms with E-state index in [-0.39, 0.29) is 11.4 Å². The van der Waals surface area contributed by atoms with Gasteiger partial charge in [0, 0.05) is 18.1 Å². The van der Waals surface area contributed by atoms with Crippen molar-refractivity contribution in [3.8, 4) is 0 Å². The Labute approximate surface area is 134 Å². The third-order valence-corrected chi connectivity index (χ3v) is 3.91. The maximum atomic E-state index is 12.3. The average Bonchev–Trinajstić information content (AvgIpc) is 2.70. The summed E-state index contributed by atoms with van der Waals surface area (Å²) in [5.74, 6) is -1.27. The van der Waals surface area contributed by atoms with Crippen molar-refractivity contribution in [3.05, 3.63) is 46.2 Å². The average molecular weight is 323 g/mol. The predicted molar refractivity (Wildman–Crippen MR) is 84.8 cm³/mol. The predicted octanol–water partition coefficient (Wildman–Crippen LogP) is 2.19. The van der Waals surface area contributed by atoms with Gasteiger partial charge >= 0.3 is 0 Å². The van der Waals surface area contributed by atoms with Crippen LogP contribution < -0.4 is 0 Å². The fraction of sp³-hybridized carbons (Fsp3) is 0.375. The topological polar surface area (TPSA) is 60.9 Å². The van der Waals surface area contributed by atoms with Crippen molar-refractivity contribution >= 4 is 23.3 Å². The number of hydrogen-bond donors (Lipinski definition) is 1. The van der Waals surface area contributed by atoms with E-state index < -0.39 is 17.7 Å². The molecule has 0 bridgehead atoms. The second-order valence-electron chi connectivity index (χ2n) is 5.57. The molecule has 6 heteroatoms. The maximum absolute atomic E-state index is 12.3. The van der Waals surface area contributed by atoms with Gasteiger partial charge in [-0.2, -0.15) is 0 Å². The Morgan fingerprint density at radius 1 is 1.32 bits per heavy atom. The van der Waals surface area contributed by atoms with E-state index in [1.807, 2.05) is 19.0 Å². The zero-order chi connectivity index (χ0) is 16.4. The molecule has 0 aliphatic carbocycles. The summed E-state index contributed by atoms with van der Waals surface area (Å²) in [5, 5.41) is 10.7. The second-order valence-corrected chi connectivity index (χ2v) is 6.01. The summed E-state index contributed by atoms with van der Waals surface area (Å²) in [6.45, 7) is 2.41. The van der Waals surface area contributed by atoms with Gasteiger partial charge in [0.25, 0.3) is 5.91 Å². The number of likely N-dealkylation sites (N-methyl/N-ethyl adjacent to an activating group) is 1. The van der Waals surface area contributed by atoms with Crippen LogP contribution >= 0.6 is 11.6 Å². The molecule has 0 radical (unpaired) electrons. The molecule has 1 amide bonds. The first-order valence-corrected chi connectivity index (χ1v) is 7.36. The highest BCUT2D eigenvalue weighted by Crippen LogP contribution is 2.37. The molecule has 1 heterocycles. The minimum atomic E-state index is -0.567. The molecular weight excluding hydrogens is 304 g/mol. The lowest BCUT2D eigenvalue weighted by Gasteiger charge is -2.27. The third kappa shape index (κ3) is 3.15. The number of ketones is 1. The van der Waals surface area contributed by atoms with Crippen LogP contribution in [0, 0.1) is 0 Å². The Balaban J connectivity index is 2.43. The van der Waals surface area contributed by atoms with Gasteiger partial charge in [-0.1, -0.05) is 23.7 Å². The van der Waals surface area contributed by atoms with E-state index in [0.717, 1.165) is 5.56 Å². The molecule has 2 rings (SSSR count). The number of aliphatic hydroxyl groups is 1. The molecule has 22 heavy (non-hydrogen) atoms. The lowest BCUT2D eigenvalue weighted by atomic mass is 9.97. The van der Waals surface area contributed by atoms with Crippen molar-refractivity contribution in [2.45, 2.75) is 13.0 Å². The van der Waals surface area contributed by atoms with Crippen LogP contribution in [0.3, 0.4) is 0 Å². The summed E-state index contributed by atoms with van der Waals surface area (Å²) in [4.78, 5) is 27.7. The Kier molecular flexibility index (Phi) is 4.88. The minimum absolute atomic E-state index is 0.145. The molecule has 1 aromatic rings. The van der Waals surface area contributed by atoms with Crippen LogP contribution in [0.15, 0.2) is 35.6 Å². The van der Waals surface area contributed by atoms with Gasteiger partial charge in [-0.25, -0.2) is 0 Å². The number of carbonyl (C=O) groups excluding carboxylic acids is 2. The SMILES string of the molecule is CC(=O)C1=C(O)C(=O)N(CCN(C)C)[C@H]1c1ccc(Cl)cc1. The molecule has 0 aromatic heterocycles. The summed E-state index contributed by atoms with van der Waals surface area (Å²) >= 11 is 5.90. The molecule has 0 saturated heterocycles. The highest BCUT2D eigenvalue weighted by molar-refractivity contribution is 6.30. The van der Waals surface area contributed by atoms with Crippen molar-refractivity contribution in [1.82, 2.24) is 9.80 Å². The molecule has 1 aliphatic heterocycles. The molecule has 1 N–H and O–H groups in total. The van der Waals surface area contributed by atoms with Crippen molar-refractivity contribution in [3.63, 3.8) is 0 Å². The second kappa shape index (κ2) is 6.50. The Bertz CT molecular complexity index is 623. The molecule has 0 spiro atoms. The zero-order valence-electron chi connectivity index (χ0n) is 12.8. The van der Waals surface area contributed by atoms with Gasteiger partial charge in [0.05, 0.1) is 11.6 Å². The Morgan fingerprint density at radius 2 is 1.91 bits per heavy atom. The van der Waals surface area contributed by atoms with Gasteiger partial charge in [0.15, 0.2) is 11.5 Å². The first-order chi connectivity index (χ1) is 10.3. The number of rotatable bonds is 5. The maximum Gasteiger partial charge on any atom is 0.290 e. The van der Waals surface area contributed by atoms with Crippen LogP contribution in [0.25, 0.3) is 0 Å². The Hall–Kier alpha value is -1.85. The molecule has 1 aromatic carbocycles. The third-order valence-electron chi connectivity index (χ3n) is 3.66. The van der Waals surface area contributed by atoms with Gasteiger partial charge in [-0.3, -0.25) is 9.59 Å². The number of aliphatic hydroxyl groups excluding tert-OH is 1. The van der Waals surface area contributed by atoms with Crippen LogP contribution in [0.1, 0.15) is 18.5 Å². The minimum Gasteiger partial charge on any atom is -0.503 e. The number of halogens is 1. The van der Waals surface area contributed by atoms with E-state index >= 15 is 0 Å². The largest absolute Gasteiger partial charge is 0.503 e. The fourth-order valence-corrected chi connectivity index (χ4v) is 2.67. The van der Waals surface area contributed by atoms with Crippen LogP contribution in [-0.2, 0) is 9.59 Å². The molecule has 0 saturated carbocycles. The first-order valence-electron chi connectivity index (χ1n) is 6.98. The lowest BCUT2D eigenvalue weighted by Crippen LogP contribution is -2.36. The summed E-state index contributed by atoms with van der Waals surface area (Å²) in [7, 11) is 3.80. The van der Waals surface area contributed by atoms with Gasteiger partial charge in [0.2, 0.25) is 0 Å². The number of benzene rings is 1. The highest BCUT2D eigenvalue weighted by Gasteiger charge is 2.41. The van der Waals surface area contributed by atoms with Crippen LogP contribution in [0.5, 0.6) is 0 Å². The number of nitrogens with zero attached hydrogens (tertiary/aromatic N) is 2. The van der Waals surface area contributed by atoms with E-state index in [1.54, 1.807) is 24.3 Å². The summed E-state index contributed by atoms with van der Waals surface area (Å²) in [5.41, 5.74) is 0.900. The standard InChI is InChI=1S/C16H19ClN2O3/c1-10(20)13-14(11-4-6-12(17)7-5-11)19(9-8-18(2)3)16(22)15(13)21/h4-7,14,21H,8-9H2,1-3H3/t14-/m0/s1. The van der Waals surface area contributed by atoms with E-state index in [2.05, 4.69) is 0 Å². The highest BCUT2D eigenvalue weighted by atomic mass is 35.5. The van der Waals surface area contributed by atoms with Gasteiger partial charge < -0.3 is 14.9 Å². The lowest BCUT2D eigenvalue weighted by molar-refractivity contribution is -0.129. The summed E-state index contributed by atoms with van der Waals surface area (Å²) in [6, 6.07) is 6.38. The summed E-state index contributed by atoms with van der Waals surface area (Å²) < 4.78 is 0. The normalized spacial score (nSPS) is 18.5. The van der Waals surface area contributed by atoms with Crippen molar-refractivity contribution in [2.75, 3.05) is 27.2 Å². The van der Waals surface area contributed by atoms with E-state index in [4.69, 9.17) is 11.6 Å². The van der Waals surface area contributed by atoms with Crippen LogP contribution in [0.4, 0.5) is 0 Å². The number of amides is 1. The molecule has 118 valence electrons. The molecular formula is C16H19ClN2O3. The van der Waals surface area contributed by atoms with Crippen LogP contribution in [0.2, 0.25) is 5.02 Å². The number of hydrogen-bond acceptors (Lipinski definition) is 4. The quantitative estimate of drug-likeness (QED) is 0.902. The molecule has 0 fully saturated rings. The van der Waals surface area contributed by atoms with Crippen molar-refractivity contribution < 1.29 is 14.7 Å². The number of carbonyl (C=O) groups is 2. The Morgan fingerprint density at radius 3 is 2.41 bits per heavy atom. The smallest absolute Gasteiger partial charge is 0.290 e. The monoisotopic (exact) mass is 322 g/mol. The van der Waals surface area contributed by atoms with E-state index in [1.165, 1.54) is 11.8 Å². The van der Waals surface area contributed by atoms with Crippen molar-refractivity contribution in [2.24, 2.45) is 0 Å². The zero-order valence-corrected chi connectivity index (χ0v) is 13.6. The van der Waals surface area contributed by atoms with Gasteiger partial charge in [-0.15, -0.1) is 0 Å². The van der Waals surface area contributed by atoms with Gasteiger partial charge in [0.1, 0.15) is 0 Å². The van der Waals surface area contributed by atoms with E-state index in [0.29, 0.717) is 18.1 Å². The summed E-state index contributed by atoms with van der Waals surface area (Å²) in [6.07, 6.45) is 0. The fourth-order valence-electron chi connectivity index (χ4n) is 2.54. The number of Topliss-reactive ketones (excluding diaryl/α,β-unsaturated/α-hetero) is 1. The molecule has 1 atom stereocenters. The van der Waals surface area contributed by atoms with Gasteiger partial charge in [-0.05, 0) is 38.7 Å². The molecule has 5 nitrogen and oxygen atoms in total. The molecule has 0 unspecified atom stereocenters. The van der Waals surface area contributed by atoms with E-state index in [9.17, 15) is 14.7 Å².